The van der Waals surface area contributed by atoms with Gasteiger partial charge in [0.25, 0.3) is 15.7 Å². The first-order valence-electron chi connectivity index (χ1n) is 7.61. The van der Waals surface area contributed by atoms with E-state index in [2.05, 4.69) is 4.72 Å². The number of nitro benzene ring substituents is 1. The molecule has 0 aliphatic carbocycles. The predicted octanol–water partition coefficient (Wildman–Crippen LogP) is 3.84. The summed E-state index contributed by atoms with van der Waals surface area (Å²) >= 11 is 0. The highest BCUT2D eigenvalue weighted by atomic mass is 32.2. The molecular weight excluding hydrogens is 344 g/mol. The molecule has 0 saturated heterocycles. The van der Waals surface area contributed by atoms with Crippen LogP contribution in [-0.2, 0) is 10.0 Å². The van der Waals surface area contributed by atoms with E-state index in [0.29, 0.717) is 5.56 Å². The SMILES string of the molecule is COc1ccc(C(C)C)cc1S(=O)(=O)Nc1ccc([N+](=O)[O-])cc1C. The van der Waals surface area contributed by atoms with Crippen molar-refractivity contribution in [1.29, 1.82) is 0 Å². The van der Waals surface area contributed by atoms with Crippen molar-refractivity contribution in [3.63, 3.8) is 0 Å². The van der Waals surface area contributed by atoms with Crippen LogP contribution in [0.15, 0.2) is 41.3 Å². The van der Waals surface area contributed by atoms with Crippen LogP contribution < -0.4 is 9.46 Å². The second kappa shape index (κ2) is 7.10. The number of aryl methyl sites for hydroxylation is 1. The Morgan fingerprint density at radius 1 is 1.16 bits per heavy atom. The Morgan fingerprint density at radius 2 is 1.84 bits per heavy atom. The van der Waals surface area contributed by atoms with Gasteiger partial charge in [-0.05, 0) is 42.2 Å². The number of hydrogen-bond acceptors (Lipinski definition) is 5. The summed E-state index contributed by atoms with van der Waals surface area (Å²) in [7, 11) is -2.51. The molecule has 2 aromatic rings. The normalized spacial score (nSPS) is 11.4. The van der Waals surface area contributed by atoms with Crippen molar-refractivity contribution in [1.82, 2.24) is 0 Å². The van der Waals surface area contributed by atoms with Gasteiger partial charge in [0.2, 0.25) is 0 Å². The van der Waals surface area contributed by atoms with Gasteiger partial charge in [0, 0.05) is 12.1 Å². The molecule has 2 aromatic carbocycles. The van der Waals surface area contributed by atoms with E-state index in [1.807, 2.05) is 19.9 Å². The summed E-state index contributed by atoms with van der Waals surface area (Å²) in [5, 5.41) is 10.8. The van der Waals surface area contributed by atoms with Gasteiger partial charge >= 0.3 is 0 Å². The van der Waals surface area contributed by atoms with Gasteiger partial charge in [-0.25, -0.2) is 8.42 Å². The molecule has 0 aromatic heterocycles. The lowest BCUT2D eigenvalue weighted by atomic mass is 10.0. The standard InChI is InChI=1S/C17H20N2O5S/c1-11(2)13-5-8-16(24-4)17(10-13)25(22,23)18-15-7-6-14(19(20)21)9-12(15)3/h5-11,18H,1-4H3. The Balaban J connectivity index is 2.46. The van der Waals surface area contributed by atoms with Crippen molar-refractivity contribution < 1.29 is 18.1 Å². The van der Waals surface area contributed by atoms with E-state index in [0.717, 1.165) is 5.56 Å². The van der Waals surface area contributed by atoms with Crippen LogP contribution in [0.5, 0.6) is 5.75 Å². The van der Waals surface area contributed by atoms with Gasteiger partial charge in [-0.3, -0.25) is 14.8 Å². The molecule has 0 aliphatic rings. The van der Waals surface area contributed by atoms with Crippen molar-refractivity contribution in [2.45, 2.75) is 31.6 Å². The maximum absolute atomic E-state index is 12.8. The Kier molecular flexibility index (Phi) is 5.32. The number of benzene rings is 2. The Hall–Kier alpha value is -2.61. The molecule has 0 amide bonds. The molecule has 2 rings (SSSR count). The fourth-order valence-electron chi connectivity index (χ4n) is 2.34. The summed E-state index contributed by atoms with van der Waals surface area (Å²) < 4.78 is 33.3. The third-order valence-electron chi connectivity index (χ3n) is 3.81. The first-order chi connectivity index (χ1) is 11.7. The lowest BCUT2D eigenvalue weighted by Gasteiger charge is -2.15. The molecule has 0 radical (unpaired) electrons. The second-order valence-corrected chi connectivity index (χ2v) is 7.58. The summed E-state index contributed by atoms with van der Waals surface area (Å²) in [4.78, 5) is 10.3. The zero-order chi connectivity index (χ0) is 18.8. The van der Waals surface area contributed by atoms with E-state index in [-0.39, 0.29) is 27.9 Å². The Bertz CT molecular complexity index is 907. The van der Waals surface area contributed by atoms with E-state index in [4.69, 9.17) is 4.74 Å². The number of nitrogens with one attached hydrogen (secondary N) is 1. The van der Waals surface area contributed by atoms with E-state index in [9.17, 15) is 18.5 Å². The lowest BCUT2D eigenvalue weighted by molar-refractivity contribution is -0.384. The molecule has 7 nitrogen and oxygen atoms in total. The number of anilines is 1. The molecule has 0 aliphatic heterocycles. The molecule has 0 unspecified atom stereocenters. The molecule has 0 bridgehead atoms. The average molecular weight is 364 g/mol. The van der Waals surface area contributed by atoms with E-state index < -0.39 is 14.9 Å². The first-order valence-corrected chi connectivity index (χ1v) is 9.10. The monoisotopic (exact) mass is 364 g/mol. The maximum atomic E-state index is 12.8. The fourth-order valence-corrected chi connectivity index (χ4v) is 3.67. The van der Waals surface area contributed by atoms with Crippen LogP contribution in [0.25, 0.3) is 0 Å². The minimum atomic E-state index is -3.91. The molecule has 0 saturated carbocycles. The minimum absolute atomic E-state index is 0.0268. The third kappa shape index (κ3) is 4.08. The van der Waals surface area contributed by atoms with Crippen molar-refractivity contribution in [3.8, 4) is 5.75 Å². The largest absolute Gasteiger partial charge is 0.495 e. The van der Waals surface area contributed by atoms with Gasteiger partial charge in [-0.1, -0.05) is 19.9 Å². The zero-order valence-corrected chi connectivity index (χ0v) is 15.3. The van der Waals surface area contributed by atoms with E-state index in [1.165, 1.54) is 25.3 Å². The number of nitrogens with zero attached hydrogens (tertiary/aromatic N) is 1. The highest BCUT2D eigenvalue weighted by molar-refractivity contribution is 7.92. The van der Waals surface area contributed by atoms with Crippen LogP contribution in [0.3, 0.4) is 0 Å². The highest BCUT2D eigenvalue weighted by Gasteiger charge is 2.22. The van der Waals surface area contributed by atoms with Gasteiger partial charge in [-0.15, -0.1) is 0 Å². The third-order valence-corrected chi connectivity index (χ3v) is 5.20. The second-order valence-electron chi connectivity index (χ2n) is 5.93. The summed E-state index contributed by atoms with van der Waals surface area (Å²) in [6.45, 7) is 5.53. The van der Waals surface area contributed by atoms with Crippen LogP contribution in [0.4, 0.5) is 11.4 Å². The number of nitro groups is 1. The van der Waals surface area contributed by atoms with Crippen molar-refractivity contribution >= 4 is 21.4 Å². The average Bonchev–Trinajstić information content (AvgIpc) is 2.55. The van der Waals surface area contributed by atoms with E-state index in [1.54, 1.807) is 19.1 Å². The van der Waals surface area contributed by atoms with Crippen LogP contribution in [0, 0.1) is 17.0 Å². The lowest BCUT2D eigenvalue weighted by Crippen LogP contribution is -2.15. The summed E-state index contributed by atoms with van der Waals surface area (Å²) in [5.41, 5.74) is 1.50. The molecule has 1 N–H and O–H groups in total. The highest BCUT2D eigenvalue weighted by Crippen LogP contribution is 2.30. The number of hydrogen-bond donors (Lipinski definition) is 1. The number of methoxy groups -OCH3 is 1. The van der Waals surface area contributed by atoms with Crippen LogP contribution in [0.1, 0.15) is 30.9 Å². The zero-order valence-electron chi connectivity index (χ0n) is 14.4. The van der Waals surface area contributed by atoms with Gasteiger partial charge in [0.05, 0.1) is 17.7 Å². The number of rotatable bonds is 6. The maximum Gasteiger partial charge on any atom is 0.269 e. The van der Waals surface area contributed by atoms with E-state index >= 15 is 0 Å². The van der Waals surface area contributed by atoms with Gasteiger partial charge in [0.15, 0.2) is 0 Å². The van der Waals surface area contributed by atoms with Gasteiger partial charge in [0.1, 0.15) is 10.6 Å². The molecule has 0 heterocycles. The Labute approximate surface area is 146 Å². The molecule has 0 atom stereocenters. The predicted molar refractivity (Wildman–Crippen MR) is 95.7 cm³/mol. The molecule has 25 heavy (non-hydrogen) atoms. The molecule has 134 valence electrons. The Morgan fingerprint density at radius 3 is 2.36 bits per heavy atom. The van der Waals surface area contributed by atoms with Gasteiger partial charge < -0.3 is 4.74 Å². The number of sulfonamides is 1. The summed E-state index contributed by atoms with van der Waals surface area (Å²) in [5.74, 6) is 0.387. The van der Waals surface area contributed by atoms with Crippen LogP contribution in [0.2, 0.25) is 0 Å². The minimum Gasteiger partial charge on any atom is -0.495 e. The van der Waals surface area contributed by atoms with Crippen molar-refractivity contribution in [2.75, 3.05) is 11.8 Å². The van der Waals surface area contributed by atoms with Crippen molar-refractivity contribution in [2.24, 2.45) is 0 Å². The smallest absolute Gasteiger partial charge is 0.269 e. The fraction of sp³-hybridized carbons (Fsp3) is 0.294. The number of non-ortho nitro benzene ring substituents is 1. The molecule has 0 spiro atoms. The van der Waals surface area contributed by atoms with Gasteiger partial charge in [-0.2, -0.15) is 0 Å². The summed E-state index contributed by atoms with van der Waals surface area (Å²) in [6.07, 6.45) is 0. The van der Waals surface area contributed by atoms with Crippen molar-refractivity contribution in [3.05, 3.63) is 57.6 Å². The molecule has 8 heteroatoms. The first kappa shape index (κ1) is 18.7. The quantitative estimate of drug-likeness (QED) is 0.620. The molecular formula is C17H20N2O5S. The van der Waals surface area contributed by atoms with Crippen LogP contribution >= 0.6 is 0 Å². The van der Waals surface area contributed by atoms with Crippen LogP contribution in [-0.4, -0.2) is 20.5 Å². The topological polar surface area (TPSA) is 98.5 Å². The molecule has 0 fully saturated rings. The number of ether oxygens (including phenoxy) is 1. The summed E-state index contributed by atoms with van der Waals surface area (Å²) in [6, 6.07) is 8.97.